The number of hydrogen-bond donors (Lipinski definition) is 0. The molecule has 0 saturated heterocycles. The fourth-order valence-corrected chi connectivity index (χ4v) is 4.68. The van der Waals surface area contributed by atoms with Crippen LogP contribution < -0.4 is 4.31 Å². The fourth-order valence-electron chi connectivity index (χ4n) is 2.82. The lowest BCUT2D eigenvalue weighted by Gasteiger charge is -2.24. The third-order valence-corrected chi connectivity index (χ3v) is 5.56. The molecule has 0 amide bonds. The van der Waals surface area contributed by atoms with Crippen LogP contribution in [0, 0.1) is 5.82 Å². The minimum Gasteiger partial charge on any atom is -0.267 e. The van der Waals surface area contributed by atoms with E-state index in [1.54, 1.807) is 0 Å². The van der Waals surface area contributed by atoms with E-state index in [1.807, 2.05) is 31.2 Å². The molecule has 3 rings (SSSR count). The van der Waals surface area contributed by atoms with E-state index in [-0.39, 0.29) is 17.6 Å². The van der Waals surface area contributed by atoms with Crippen molar-refractivity contribution >= 4 is 15.7 Å². The molecule has 2 aromatic rings. The smallest absolute Gasteiger partial charge is 0.239 e. The molecule has 110 valence electrons. The van der Waals surface area contributed by atoms with E-state index in [1.165, 1.54) is 28.6 Å². The number of anilines is 1. The third-order valence-electron chi connectivity index (χ3n) is 3.71. The van der Waals surface area contributed by atoms with Gasteiger partial charge in [0.2, 0.25) is 10.0 Å². The summed E-state index contributed by atoms with van der Waals surface area (Å²) in [7, 11) is -3.48. The molecule has 1 atom stereocenters. The molecule has 2 aromatic carbocycles. The molecular weight excluding hydrogens is 289 g/mol. The summed E-state index contributed by atoms with van der Waals surface area (Å²) in [5.74, 6) is -0.484. The van der Waals surface area contributed by atoms with Crippen LogP contribution in [0.4, 0.5) is 10.1 Å². The number of nitrogens with zero attached hydrogens (tertiary/aromatic N) is 1. The van der Waals surface area contributed by atoms with Gasteiger partial charge in [0.1, 0.15) is 5.82 Å². The van der Waals surface area contributed by atoms with E-state index in [9.17, 15) is 12.8 Å². The van der Waals surface area contributed by atoms with E-state index < -0.39 is 10.0 Å². The van der Waals surface area contributed by atoms with Gasteiger partial charge in [0.05, 0.1) is 11.4 Å². The zero-order valence-corrected chi connectivity index (χ0v) is 12.5. The SMILES string of the molecule is C[C@@H]1Cc2ccccc2N1S(=O)(=O)Cc1ccc(F)cc1. The first-order valence-corrected chi connectivity index (χ1v) is 8.43. The molecule has 1 aliphatic heterocycles. The van der Waals surface area contributed by atoms with Crippen LogP contribution in [0.1, 0.15) is 18.1 Å². The molecule has 1 heterocycles. The van der Waals surface area contributed by atoms with Gasteiger partial charge in [0.25, 0.3) is 0 Å². The Morgan fingerprint density at radius 1 is 1.14 bits per heavy atom. The van der Waals surface area contributed by atoms with Crippen molar-refractivity contribution in [1.29, 1.82) is 0 Å². The van der Waals surface area contributed by atoms with Crippen LogP contribution >= 0.6 is 0 Å². The number of fused-ring (bicyclic) bond motifs is 1. The average Bonchev–Trinajstić information content (AvgIpc) is 2.77. The van der Waals surface area contributed by atoms with Crippen LogP contribution in [0.3, 0.4) is 0 Å². The van der Waals surface area contributed by atoms with E-state index in [0.717, 1.165) is 17.7 Å². The van der Waals surface area contributed by atoms with Crippen LogP contribution in [-0.4, -0.2) is 14.5 Å². The summed E-state index contributed by atoms with van der Waals surface area (Å²) in [6, 6.07) is 13.1. The maximum absolute atomic E-state index is 12.9. The quantitative estimate of drug-likeness (QED) is 0.874. The maximum Gasteiger partial charge on any atom is 0.239 e. The van der Waals surface area contributed by atoms with Crippen molar-refractivity contribution in [2.24, 2.45) is 0 Å². The summed E-state index contributed by atoms with van der Waals surface area (Å²) < 4.78 is 39.8. The molecule has 0 unspecified atom stereocenters. The zero-order chi connectivity index (χ0) is 15.0. The standard InChI is InChI=1S/C16H16FNO2S/c1-12-10-14-4-2-3-5-16(14)18(12)21(19,20)11-13-6-8-15(17)9-7-13/h2-9,12H,10-11H2,1H3/t12-/m1/s1. The molecule has 0 saturated carbocycles. The Kier molecular flexibility index (Phi) is 3.45. The van der Waals surface area contributed by atoms with Crippen LogP contribution in [0.2, 0.25) is 0 Å². The van der Waals surface area contributed by atoms with Crippen LogP contribution in [-0.2, 0) is 22.2 Å². The lowest BCUT2D eigenvalue weighted by molar-refractivity contribution is 0.583. The van der Waals surface area contributed by atoms with Gasteiger partial charge in [-0.1, -0.05) is 30.3 Å². The highest BCUT2D eigenvalue weighted by Gasteiger charge is 2.34. The van der Waals surface area contributed by atoms with Gasteiger partial charge in [-0.2, -0.15) is 0 Å². The number of halogens is 1. The van der Waals surface area contributed by atoms with Crippen molar-refractivity contribution in [3.05, 3.63) is 65.5 Å². The summed E-state index contributed by atoms with van der Waals surface area (Å²) in [6.45, 7) is 1.90. The number of rotatable bonds is 3. The number of hydrogen-bond acceptors (Lipinski definition) is 2. The molecule has 1 aliphatic rings. The van der Waals surface area contributed by atoms with Crippen LogP contribution in [0.5, 0.6) is 0 Å². The molecule has 0 aliphatic carbocycles. The first kappa shape index (κ1) is 14.1. The summed E-state index contributed by atoms with van der Waals surface area (Å²) >= 11 is 0. The summed E-state index contributed by atoms with van der Waals surface area (Å²) in [4.78, 5) is 0. The normalized spacial score (nSPS) is 17.8. The molecule has 3 nitrogen and oxygen atoms in total. The minimum atomic E-state index is -3.48. The average molecular weight is 305 g/mol. The van der Waals surface area contributed by atoms with Gasteiger partial charge in [-0.3, -0.25) is 4.31 Å². The number of benzene rings is 2. The molecule has 0 radical (unpaired) electrons. The van der Waals surface area contributed by atoms with Crippen molar-refractivity contribution in [1.82, 2.24) is 0 Å². The Bertz CT molecular complexity index is 756. The van der Waals surface area contributed by atoms with Gasteiger partial charge in [0.15, 0.2) is 0 Å². The Balaban J connectivity index is 1.93. The number of para-hydroxylation sites is 1. The summed E-state index contributed by atoms with van der Waals surface area (Å²) in [5, 5.41) is 0. The third kappa shape index (κ3) is 2.65. The van der Waals surface area contributed by atoms with E-state index in [4.69, 9.17) is 0 Å². The Hall–Kier alpha value is -1.88. The van der Waals surface area contributed by atoms with Crippen molar-refractivity contribution in [2.45, 2.75) is 25.1 Å². The van der Waals surface area contributed by atoms with Crippen molar-refractivity contribution < 1.29 is 12.8 Å². The van der Waals surface area contributed by atoms with Gasteiger partial charge < -0.3 is 0 Å². The topological polar surface area (TPSA) is 37.4 Å². The van der Waals surface area contributed by atoms with Crippen molar-refractivity contribution in [3.8, 4) is 0 Å². The Morgan fingerprint density at radius 3 is 2.52 bits per heavy atom. The molecule has 0 aromatic heterocycles. The molecule has 5 heteroatoms. The van der Waals surface area contributed by atoms with Crippen LogP contribution in [0.15, 0.2) is 48.5 Å². The Morgan fingerprint density at radius 2 is 1.81 bits per heavy atom. The van der Waals surface area contributed by atoms with Gasteiger partial charge in [-0.05, 0) is 42.7 Å². The van der Waals surface area contributed by atoms with Gasteiger partial charge >= 0.3 is 0 Å². The molecular formula is C16H16FNO2S. The highest BCUT2D eigenvalue weighted by atomic mass is 32.2. The first-order chi connectivity index (χ1) is 9.97. The highest BCUT2D eigenvalue weighted by molar-refractivity contribution is 7.92. The highest BCUT2D eigenvalue weighted by Crippen LogP contribution is 2.35. The number of sulfonamides is 1. The summed E-state index contributed by atoms with van der Waals surface area (Å²) in [6.07, 6.45) is 0.721. The lowest BCUT2D eigenvalue weighted by atomic mass is 10.1. The van der Waals surface area contributed by atoms with Gasteiger partial charge in [0, 0.05) is 6.04 Å². The van der Waals surface area contributed by atoms with Crippen molar-refractivity contribution in [2.75, 3.05) is 4.31 Å². The van der Waals surface area contributed by atoms with Crippen LogP contribution in [0.25, 0.3) is 0 Å². The van der Waals surface area contributed by atoms with E-state index >= 15 is 0 Å². The molecule has 0 N–H and O–H groups in total. The first-order valence-electron chi connectivity index (χ1n) is 6.82. The second-order valence-corrected chi connectivity index (χ2v) is 7.21. The molecule has 0 spiro atoms. The second kappa shape index (κ2) is 5.15. The largest absolute Gasteiger partial charge is 0.267 e. The molecule has 0 fully saturated rings. The minimum absolute atomic E-state index is 0.0900. The summed E-state index contributed by atoms with van der Waals surface area (Å²) in [5.41, 5.74) is 2.40. The second-order valence-electron chi connectivity index (χ2n) is 5.36. The maximum atomic E-state index is 12.9. The fraction of sp³-hybridized carbons (Fsp3) is 0.250. The van der Waals surface area contributed by atoms with E-state index in [0.29, 0.717) is 5.56 Å². The predicted molar refractivity (Wildman–Crippen MR) is 81.1 cm³/mol. The van der Waals surface area contributed by atoms with Gasteiger partial charge in [-0.15, -0.1) is 0 Å². The Labute approximate surface area is 124 Å². The molecule has 21 heavy (non-hydrogen) atoms. The van der Waals surface area contributed by atoms with Gasteiger partial charge in [-0.25, -0.2) is 12.8 Å². The van der Waals surface area contributed by atoms with Crippen molar-refractivity contribution in [3.63, 3.8) is 0 Å². The monoisotopic (exact) mass is 305 g/mol. The zero-order valence-electron chi connectivity index (χ0n) is 11.7. The van der Waals surface area contributed by atoms with E-state index in [2.05, 4.69) is 0 Å². The lowest BCUT2D eigenvalue weighted by Crippen LogP contribution is -2.36. The molecule has 0 bridgehead atoms. The predicted octanol–water partition coefficient (Wildman–Crippen LogP) is 3.11.